The molecule has 0 aromatic heterocycles. The molecule has 5 heteroatoms. The van der Waals surface area contributed by atoms with Crippen molar-refractivity contribution in [1.82, 2.24) is 0 Å². The third-order valence-electron chi connectivity index (χ3n) is 2.23. The Morgan fingerprint density at radius 3 is 2.94 bits per heavy atom. The molecule has 0 radical (unpaired) electrons. The first-order valence-electron chi connectivity index (χ1n) is 5.21. The smallest absolute Gasteiger partial charge is 0.303 e. The topological polar surface area (TPSA) is 82.3 Å². The Labute approximate surface area is 99.6 Å². The fourth-order valence-electron chi connectivity index (χ4n) is 1.36. The number of nitrogens with one attached hydrogen (secondary N) is 1. The zero-order chi connectivity index (χ0) is 12.7. The number of anilines is 1. The van der Waals surface area contributed by atoms with Crippen molar-refractivity contribution in [3.8, 4) is 11.8 Å². The first-order chi connectivity index (χ1) is 8.17. The van der Waals surface area contributed by atoms with Crippen molar-refractivity contribution >= 4 is 11.7 Å². The Balaban J connectivity index is 2.62. The molecule has 0 atom stereocenters. The Morgan fingerprint density at radius 2 is 2.35 bits per heavy atom. The summed E-state index contributed by atoms with van der Waals surface area (Å²) in [5.41, 5.74) is 1.18. The van der Waals surface area contributed by atoms with Gasteiger partial charge in [-0.2, -0.15) is 5.26 Å². The Kier molecular flexibility index (Phi) is 4.82. The van der Waals surface area contributed by atoms with Crippen LogP contribution in [0.5, 0.6) is 5.75 Å². The maximum absolute atomic E-state index is 10.3. The van der Waals surface area contributed by atoms with Crippen molar-refractivity contribution in [2.45, 2.75) is 12.8 Å². The van der Waals surface area contributed by atoms with E-state index in [9.17, 15) is 4.79 Å². The number of nitrogens with zero attached hydrogens (tertiary/aromatic N) is 1. The van der Waals surface area contributed by atoms with Gasteiger partial charge in [0.2, 0.25) is 0 Å². The summed E-state index contributed by atoms with van der Waals surface area (Å²) in [5, 5.41) is 20.4. The van der Waals surface area contributed by atoms with Crippen LogP contribution in [0, 0.1) is 11.3 Å². The minimum atomic E-state index is -0.821. The van der Waals surface area contributed by atoms with Crippen molar-refractivity contribution < 1.29 is 14.6 Å². The molecule has 1 rings (SSSR count). The summed E-state index contributed by atoms with van der Waals surface area (Å²) < 4.78 is 5.06. The van der Waals surface area contributed by atoms with Crippen molar-refractivity contribution in [2.24, 2.45) is 0 Å². The summed E-state index contributed by atoms with van der Waals surface area (Å²) in [5.74, 6) is -0.164. The monoisotopic (exact) mass is 234 g/mol. The molecule has 90 valence electrons. The van der Waals surface area contributed by atoms with E-state index < -0.39 is 5.97 Å². The summed E-state index contributed by atoms with van der Waals surface area (Å²) in [7, 11) is 1.55. The summed E-state index contributed by atoms with van der Waals surface area (Å²) >= 11 is 0. The average molecular weight is 234 g/mol. The average Bonchev–Trinajstić information content (AvgIpc) is 2.34. The molecule has 0 aliphatic carbocycles. The number of ether oxygens (including phenoxy) is 1. The van der Waals surface area contributed by atoms with Gasteiger partial charge in [0.05, 0.1) is 18.4 Å². The molecule has 0 saturated carbocycles. The normalized spacial score (nSPS) is 9.41. The molecule has 0 saturated heterocycles. The van der Waals surface area contributed by atoms with Crippen LogP contribution in [0.15, 0.2) is 18.2 Å². The van der Waals surface area contributed by atoms with Crippen LogP contribution in [-0.2, 0) is 4.79 Å². The van der Waals surface area contributed by atoms with E-state index >= 15 is 0 Å². The van der Waals surface area contributed by atoms with Crippen LogP contribution in [0.25, 0.3) is 0 Å². The number of hydrogen-bond donors (Lipinski definition) is 2. The number of carboxylic acid groups (broad SMARTS) is 1. The van der Waals surface area contributed by atoms with Crippen molar-refractivity contribution in [3.63, 3.8) is 0 Å². The molecule has 1 aromatic carbocycles. The molecule has 0 bridgehead atoms. The molecule has 0 fully saturated rings. The van der Waals surface area contributed by atoms with Crippen LogP contribution < -0.4 is 10.1 Å². The standard InChI is InChI=1S/C12H14N2O3/c1-17-10-5-4-9(8-13)11(7-10)14-6-2-3-12(15)16/h4-5,7,14H,2-3,6H2,1H3,(H,15,16). The molecule has 0 amide bonds. The van der Waals surface area contributed by atoms with Gasteiger partial charge in [0.1, 0.15) is 11.8 Å². The number of aliphatic carboxylic acids is 1. The second-order valence-electron chi connectivity index (χ2n) is 3.45. The number of rotatable bonds is 6. The highest BCUT2D eigenvalue weighted by molar-refractivity contribution is 5.66. The summed E-state index contributed by atoms with van der Waals surface area (Å²) in [4.78, 5) is 10.3. The molecular weight excluding hydrogens is 220 g/mol. The third-order valence-corrected chi connectivity index (χ3v) is 2.23. The van der Waals surface area contributed by atoms with Gasteiger partial charge in [-0.3, -0.25) is 4.79 Å². The summed E-state index contributed by atoms with van der Waals surface area (Å²) in [6.07, 6.45) is 0.621. The van der Waals surface area contributed by atoms with E-state index in [4.69, 9.17) is 15.1 Å². The lowest BCUT2D eigenvalue weighted by atomic mass is 10.2. The zero-order valence-corrected chi connectivity index (χ0v) is 9.56. The summed E-state index contributed by atoms with van der Waals surface area (Å²) in [6.45, 7) is 0.508. The van der Waals surface area contributed by atoms with Gasteiger partial charge in [-0.1, -0.05) is 0 Å². The second kappa shape index (κ2) is 6.38. The van der Waals surface area contributed by atoms with Gasteiger partial charge in [0.15, 0.2) is 0 Å². The van der Waals surface area contributed by atoms with E-state index in [0.29, 0.717) is 30.0 Å². The molecule has 17 heavy (non-hydrogen) atoms. The molecule has 2 N–H and O–H groups in total. The van der Waals surface area contributed by atoms with Gasteiger partial charge in [0.25, 0.3) is 0 Å². The number of carboxylic acids is 1. The fourth-order valence-corrected chi connectivity index (χ4v) is 1.36. The predicted molar refractivity (Wildman–Crippen MR) is 63.1 cm³/mol. The van der Waals surface area contributed by atoms with Gasteiger partial charge < -0.3 is 15.2 Å². The van der Waals surface area contributed by atoms with Crippen LogP contribution in [-0.4, -0.2) is 24.7 Å². The quantitative estimate of drug-likeness (QED) is 0.734. The van der Waals surface area contributed by atoms with Crippen LogP contribution in [0.2, 0.25) is 0 Å². The number of nitriles is 1. The van der Waals surface area contributed by atoms with E-state index in [1.807, 2.05) is 0 Å². The van der Waals surface area contributed by atoms with E-state index in [-0.39, 0.29) is 6.42 Å². The molecule has 0 spiro atoms. The summed E-state index contributed by atoms with van der Waals surface area (Å²) in [6, 6.07) is 7.16. The zero-order valence-electron chi connectivity index (χ0n) is 9.56. The largest absolute Gasteiger partial charge is 0.497 e. The highest BCUT2D eigenvalue weighted by atomic mass is 16.5. The fraction of sp³-hybridized carbons (Fsp3) is 0.333. The first kappa shape index (κ1) is 12.8. The SMILES string of the molecule is COc1ccc(C#N)c(NCCCC(=O)O)c1. The molecule has 0 aliphatic rings. The molecule has 0 heterocycles. The van der Waals surface area contributed by atoms with Crippen molar-refractivity contribution in [3.05, 3.63) is 23.8 Å². The molecule has 5 nitrogen and oxygen atoms in total. The number of hydrogen-bond acceptors (Lipinski definition) is 4. The van der Waals surface area contributed by atoms with E-state index in [2.05, 4.69) is 11.4 Å². The molecule has 0 unspecified atom stereocenters. The van der Waals surface area contributed by atoms with Gasteiger partial charge >= 0.3 is 5.97 Å². The van der Waals surface area contributed by atoms with Crippen molar-refractivity contribution in [2.75, 3.05) is 19.0 Å². The highest BCUT2D eigenvalue weighted by Gasteiger charge is 2.04. The van der Waals surface area contributed by atoms with Gasteiger partial charge in [-0.15, -0.1) is 0 Å². The number of carbonyl (C=O) groups is 1. The van der Waals surface area contributed by atoms with E-state index in [1.165, 1.54) is 0 Å². The Bertz CT molecular complexity index is 438. The first-order valence-corrected chi connectivity index (χ1v) is 5.21. The Morgan fingerprint density at radius 1 is 1.59 bits per heavy atom. The van der Waals surface area contributed by atoms with Gasteiger partial charge in [-0.05, 0) is 18.6 Å². The van der Waals surface area contributed by atoms with Crippen LogP contribution >= 0.6 is 0 Å². The molecule has 1 aromatic rings. The molecular formula is C12H14N2O3. The lowest BCUT2D eigenvalue weighted by Crippen LogP contribution is -2.06. The van der Waals surface area contributed by atoms with Crippen LogP contribution in [0.3, 0.4) is 0 Å². The number of methoxy groups -OCH3 is 1. The third kappa shape index (κ3) is 4.03. The Hall–Kier alpha value is -2.22. The number of benzene rings is 1. The van der Waals surface area contributed by atoms with Gasteiger partial charge in [0, 0.05) is 19.0 Å². The van der Waals surface area contributed by atoms with Crippen LogP contribution in [0.1, 0.15) is 18.4 Å². The minimum absolute atomic E-state index is 0.110. The highest BCUT2D eigenvalue weighted by Crippen LogP contribution is 2.21. The minimum Gasteiger partial charge on any atom is -0.497 e. The van der Waals surface area contributed by atoms with Crippen molar-refractivity contribution in [1.29, 1.82) is 5.26 Å². The van der Waals surface area contributed by atoms with Crippen LogP contribution in [0.4, 0.5) is 5.69 Å². The lowest BCUT2D eigenvalue weighted by molar-refractivity contribution is -0.137. The van der Waals surface area contributed by atoms with Gasteiger partial charge in [-0.25, -0.2) is 0 Å². The lowest BCUT2D eigenvalue weighted by Gasteiger charge is -2.09. The second-order valence-corrected chi connectivity index (χ2v) is 3.45. The molecule has 0 aliphatic heterocycles. The van der Waals surface area contributed by atoms with E-state index in [0.717, 1.165) is 0 Å². The van der Waals surface area contributed by atoms with E-state index in [1.54, 1.807) is 25.3 Å². The predicted octanol–water partition coefficient (Wildman–Crippen LogP) is 1.84. The maximum Gasteiger partial charge on any atom is 0.303 e. The maximum atomic E-state index is 10.3.